The second-order valence-corrected chi connectivity index (χ2v) is 6.75. The van der Waals surface area contributed by atoms with E-state index in [1.807, 2.05) is 60.8 Å². The van der Waals surface area contributed by atoms with Crippen LogP contribution in [0, 0.1) is 0 Å². The lowest BCUT2D eigenvalue weighted by molar-refractivity contribution is 0.843. The summed E-state index contributed by atoms with van der Waals surface area (Å²) in [4.78, 5) is 13.4. The lowest BCUT2D eigenvalue weighted by Gasteiger charge is -2.08. The van der Waals surface area contributed by atoms with Crippen molar-refractivity contribution in [1.29, 1.82) is 0 Å². The van der Waals surface area contributed by atoms with Crippen LogP contribution >= 0.6 is 0 Å². The molecule has 6 heteroatoms. The molecule has 0 aliphatic rings. The third-order valence-corrected chi connectivity index (χ3v) is 4.29. The van der Waals surface area contributed by atoms with Crippen molar-refractivity contribution < 1.29 is 0 Å². The van der Waals surface area contributed by atoms with Crippen LogP contribution < -0.4 is 5.32 Å². The summed E-state index contributed by atoms with van der Waals surface area (Å²) in [6, 6.07) is 13.6. The first-order valence-electron chi connectivity index (χ1n) is 9.13. The lowest BCUT2D eigenvalue weighted by Crippen LogP contribution is -2.00. The Labute approximate surface area is 163 Å². The van der Waals surface area contributed by atoms with E-state index in [1.54, 1.807) is 12.4 Å². The largest absolute Gasteiger partial charge is 0.323 e. The third-order valence-electron chi connectivity index (χ3n) is 4.29. The molecule has 0 unspecified atom stereocenters. The molecule has 0 aromatic carbocycles. The number of hydrogen-bond donors (Lipinski definition) is 1. The Morgan fingerprint density at radius 2 is 1.82 bits per heavy atom. The molecule has 0 saturated carbocycles. The number of hydrogen-bond acceptors (Lipinski definition) is 6. The van der Waals surface area contributed by atoms with Gasteiger partial charge in [0.05, 0.1) is 22.9 Å². The molecule has 4 aromatic heterocycles. The Kier molecular flexibility index (Phi) is 5.01. The van der Waals surface area contributed by atoms with Gasteiger partial charge in [0, 0.05) is 12.4 Å². The molecule has 4 heterocycles. The average molecular weight is 368 g/mol. The van der Waals surface area contributed by atoms with Crippen molar-refractivity contribution in [2.24, 2.45) is 0 Å². The van der Waals surface area contributed by atoms with Crippen LogP contribution in [0.5, 0.6) is 0 Å². The van der Waals surface area contributed by atoms with E-state index in [1.165, 1.54) is 0 Å². The van der Waals surface area contributed by atoms with Gasteiger partial charge in [-0.25, -0.2) is 4.98 Å². The van der Waals surface area contributed by atoms with Crippen molar-refractivity contribution >= 4 is 34.8 Å². The zero-order valence-corrected chi connectivity index (χ0v) is 15.7. The van der Waals surface area contributed by atoms with E-state index in [9.17, 15) is 0 Å². The Balaban J connectivity index is 1.59. The molecule has 0 spiro atoms. The van der Waals surface area contributed by atoms with E-state index in [4.69, 9.17) is 0 Å². The van der Waals surface area contributed by atoms with Gasteiger partial charge in [0.2, 0.25) is 0 Å². The summed E-state index contributed by atoms with van der Waals surface area (Å²) in [5.74, 6) is 1.77. The van der Waals surface area contributed by atoms with E-state index < -0.39 is 0 Å². The van der Waals surface area contributed by atoms with Crippen molar-refractivity contribution in [3.05, 3.63) is 77.9 Å². The third kappa shape index (κ3) is 4.17. The summed E-state index contributed by atoms with van der Waals surface area (Å²) in [5.41, 5.74) is 4.63. The van der Waals surface area contributed by atoms with Crippen molar-refractivity contribution in [2.45, 2.75) is 19.8 Å². The first-order valence-corrected chi connectivity index (χ1v) is 9.13. The number of pyridine rings is 3. The van der Waals surface area contributed by atoms with E-state index in [0.29, 0.717) is 17.6 Å². The van der Waals surface area contributed by atoms with Crippen molar-refractivity contribution in [1.82, 2.24) is 25.1 Å². The van der Waals surface area contributed by atoms with Gasteiger partial charge in [-0.3, -0.25) is 9.97 Å². The van der Waals surface area contributed by atoms with Crippen LogP contribution in [0.15, 0.2) is 61.1 Å². The van der Waals surface area contributed by atoms with Gasteiger partial charge >= 0.3 is 0 Å². The second kappa shape index (κ2) is 7.92. The molecular formula is C22H20N6. The maximum absolute atomic E-state index is 4.67. The molecule has 0 aliphatic heterocycles. The van der Waals surface area contributed by atoms with E-state index in [2.05, 4.69) is 44.3 Å². The number of nitrogens with one attached hydrogen (secondary N) is 1. The number of aromatic nitrogens is 5. The Bertz CT molecular complexity index is 1120. The molecule has 0 atom stereocenters. The number of fused-ring (bicyclic) bond motifs is 1. The minimum absolute atomic E-state index is 0.387. The summed E-state index contributed by atoms with van der Waals surface area (Å²) in [5, 5.41) is 11.4. The minimum Gasteiger partial charge on any atom is -0.323 e. The zero-order valence-electron chi connectivity index (χ0n) is 15.7. The zero-order chi connectivity index (χ0) is 19.3. The van der Waals surface area contributed by atoms with Crippen molar-refractivity contribution in [3.8, 4) is 0 Å². The molecule has 28 heavy (non-hydrogen) atoms. The fraction of sp³-hybridized carbons (Fsp3) is 0.136. The molecule has 138 valence electrons. The predicted molar refractivity (Wildman–Crippen MR) is 112 cm³/mol. The fourth-order valence-corrected chi connectivity index (χ4v) is 2.73. The van der Waals surface area contributed by atoms with Gasteiger partial charge in [0.1, 0.15) is 5.82 Å². The monoisotopic (exact) mass is 368 g/mol. The highest BCUT2D eigenvalue weighted by atomic mass is 15.2. The lowest BCUT2D eigenvalue weighted by atomic mass is 10.1. The average Bonchev–Trinajstić information content (AvgIpc) is 2.73. The maximum atomic E-state index is 4.67. The standard InChI is InChI=1S/C22H20N6/c1-15(2)17-12-22(28-25-14-17)27-21-9-8-19-20(26-21)11-16(13-24-19)6-7-18-5-3-4-10-23-18/h3-15H,1-2H3,(H,26,27,28). The van der Waals surface area contributed by atoms with Gasteiger partial charge in [-0.1, -0.05) is 26.0 Å². The molecular weight excluding hydrogens is 348 g/mol. The summed E-state index contributed by atoms with van der Waals surface area (Å²) >= 11 is 0. The summed E-state index contributed by atoms with van der Waals surface area (Å²) in [6.45, 7) is 4.25. The van der Waals surface area contributed by atoms with E-state index in [0.717, 1.165) is 27.9 Å². The quantitative estimate of drug-likeness (QED) is 0.542. The molecule has 0 amide bonds. The number of rotatable bonds is 5. The molecule has 4 aromatic rings. The molecule has 4 rings (SSSR count). The topological polar surface area (TPSA) is 76.5 Å². The highest BCUT2D eigenvalue weighted by Gasteiger charge is 2.05. The van der Waals surface area contributed by atoms with Crippen LogP contribution in [0.2, 0.25) is 0 Å². The van der Waals surface area contributed by atoms with Crippen molar-refractivity contribution in [2.75, 3.05) is 5.32 Å². The Morgan fingerprint density at radius 1 is 0.893 bits per heavy atom. The highest BCUT2D eigenvalue weighted by molar-refractivity contribution is 5.80. The van der Waals surface area contributed by atoms with Gasteiger partial charge in [-0.05, 0) is 59.5 Å². The molecule has 0 fully saturated rings. The maximum Gasteiger partial charge on any atom is 0.154 e. The first kappa shape index (κ1) is 17.7. The number of anilines is 2. The Hall–Kier alpha value is -3.67. The van der Waals surface area contributed by atoms with Crippen molar-refractivity contribution in [3.63, 3.8) is 0 Å². The Morgan fingerprint density at radius 3 is 2.64 bits per heavy atom. The molecule has 0 aliphatic carbocycles. The summed E-state index contributed by atoms with van der Waals surface area (Å²) in [6.07, 6.45) is 9.32. The predicted octanol–water partition coefficient (Wildman–Crippen LogP) is 4.85. The molecule has 0 radical (unpaired) electrons. The minimum atomic E-state index is 0.387. The molecule has 6 nitrogen and oxygen atoms in total. The second-order valence-electron chi connectivity index (χ2n) is 6.75. The van der Waals surface area contributed by atoms with Gasteiger partial charge in [-0.15, -0.1) is 5.10 Å². The van der Waals surface area contributed by atoms with Crippen LogP contribution in [-0.2, 0) is 0 Å². The number of nitrogens with zero attached hydrogens (tertiary/aromatic N) is 5. The van der Waals surface area contributed by atoms with Gasteiger partial charge < -0.3 is 5.32 Å². The van der Waals surface area contributed by atoms with Crippen LogP contribution in [0.3, 0.4) is 0 Å². The highest BCUT2D eigenvalue weighted by Crippen LogP contribution is 2.20. The van der Waals surface area contributed by atoms with Crippen LogP contribution in [-0.4, -0.2) is 25.1 Å². The smallest absolute Gasteiger partial charge is 0.154 e. The summed E-state index contributed by atoms with van der Waals surface area (Å²) in [7, 11) is 0. The normalized spacial score (nSPS) is 11.4. The SMILES string of the molecule is CC(C)c1cnnc(Nc2ccc3ncc(C=Cc4ccccn4)cc3n2)c1. The van der Waals surface area contributed by atoms with Gasteiger partial charge in [-0.2, -0.15) is 5.10 Å². The van der Waals surface area contributed by atoms with Gasteiger partial charge in [0.15, 0.2) is 5.82 Å². The van der Waals surface area contributed by atoms with Crippen LogP contribution in [0.4, 0.5) is 11.6 Å². The fourth-order valence-electron chi connectivity index (χ4n) is 2.73. The molecule has 0 bridgehead atoms. The molecule has 0 saturated heterocycles. The van der Waals surface area contributed by atoms with E-state index >= 15 is 0 Å². The van der Waals surface area contributed by atoms with Gasteiger partial charge in [0.25, 0.3) is 0 Å². The van der Waals surface area contributed by atoms with Crippen LogP contribution in [0.25, 0.3) is 23.2 Å². The first-order chi connectivity index (χ1) is 13.7. The summed E-state index contributed by atoms with van der Waals surface area (Å²) < 4.78 is 0. The molecule has 1 N–H and O–H groups in total. The van der Waals surface area contributed by atoms with Crippen LogP contribution in [0.1, 0.15) is 36.6 Å². The van der Waals surface area contributed by atoms with E-state index in [-0.39, 0.29) is 0 Å².